The van der Waals surface area contributed by atoms with Crippen LogP contribution in [0.2, 0.25) is 0 Å². The van der Waals surface area contributed by atoms with Gasteiger partial charge in [0.2, 0.25) is 0 Å². The van der Waals surface area contributed by atoms with Gasteiger partial charge in [0.15, 0.2) is 5.82 Å². The predicted molar refractivity (Wildman–Crippen MR) is 87.0 cm³/mol. The number of aromatic nitrogens is 2. The number of allylic oxidation sites excluding steroid dienone is 1. The van der Waals surface area contributed by atoms with Crippen LogP contribution in [0.15, 0.2) is 47.5 Å². The van der Waals surface area contributed by atoms with Crippen LogP contribution < -0.4 is 0 Å². The molecule has 0 saturated carbocycles. The van der Waals surface area contributed by atoms with Crippen molar-refractivity contribution in [3.05, 3.63) is 60.3 Å². The van der Waals surface area contributed by atoms with Crippen molar-refractivity contribution < 1.29 is 9.32 Å². The number of amides is 1. The van der Waals surface area contributed by atoms with Gasteiger partial charge in [-0.1, -0.05) is 36.4 Å². The molecule has 120 valence electrons. The molecule has 5 nitrogen and oxygen atoms in total. The molecule has 1 aliphatic rings. The first-order chi connectivity index (χ1) is 11.1. The summed E-state index contributed by atoms with van der Waals surface area (Å²) in [5.74, 6) is 1.14. The molecule has 0 spiro atoms. The van der Waals surface area contributed by atoms with E-state index >= 15 is 0 Å². The van der Waals surface area contributed by atoms with Crippen LogP contribution in [-0.4, -0.2) is 27.5 Å². The van der Waals surface area contributed by atoms with Crippen LogP contribution in [0.25, 0.3) is 0 Å². The van der Waals surface area contributed by atoms with Gasteiger partial charge in [0.05, 0.1) is 0 Å². The third kappa shape index (κ3) is 2.67. The van der Waals surface area contributed by atoms with E-state index in [9.17, 15) is 4.79 Å². The fourth-order valence-corrected chi connectivity index (χ4v) is 2.99. The van der Waals surface area contributed by atoms with Gasteiger partial charge >= 0.3 is 0 Å². The standard InChI is InChI=1S/C18H21N3O2/c1-4-13(2)15-19-17(23-20-15)18(3)11-8-12-21(18)16(22)14-9-6-5-7-10-14/h4-7,9-10,13H,1,8,11-12H2,2-3H3/t13-,18+/m0/s1. The molecule has 1 saturated heterocycles. The molecule has 2 heterocycles. The lowest BCUT2D eigenvalue weighted by Gasteiger charge is -2.32. The molecule has 5 heteroatoms. The normalized spacial score (nSPS) is 22.1. The topological polar surface area (TPSA) is 59.2 Å². The molecular formula is C18H21N3O2. The van der Waals surface area contributed by atoms with Crippen LogP contribution in [0, 0.1) is 0 Å². The summed E-state index contributed by atoms with van der Waals surface area (Å²) < 4.78 is 5.49. The molecule has 3 rings (SSSR count). The van der Waals surface area contributed by atoms with E-state index in [1.807, 2.05) is 49.1 Å². The van der Waals surface area contributed by atoms with Crippen molar-refractivity contribution in [1.82, 2.24) is 15.0 Å². The number of likely N-dealkylation sites (tertiary alicyclic amines) is 1. The van der Waals surface area contributed by atoms with Crippen LogP contribution in [0.5, 0.6) is 0 Å². The SMILES string of the molecule is C=C[C@H](C)c1noc([C@@]2(C)CCCN2C(=O)c2ccccc2)n1. The maximum absolute atomic E-state index is 12.9. The molecule has 1 aromatic heterocycles. The minimum absolute atomic E-state index is 0.00196. The lowest BCUT2D eigenvalue weighted by atomic mass is 9.98. The number of hydrogen-bond acceptors (Lipinski definition) is 4. The van der Waals surface area contributed by atoms with Crippen LogP contribution >= 0.6 is 0 Å². The first kappa shape index (κ1) is 15.5. The molecule has 0 bridgehead atoms. The zero-order valence-corrected chi connectivity index (χ0v) is 13.5. The first-order valence-corrected chi connectivity index (χ1v) is 7.90. The summed E-state index contributed by atoms with van der Waals surface area (Å²) in [6.45, 7) is 8.41. The van der Waals surface area contributed by atoms with Crippen molar-refractivity contribution in [2.24, 2.45) is 0 Å². The Labute approximate surface area is 136 Å². The Balaban J connectivity index is 1.92. The second kappa shape index (κ2) is 5.99. The molecule has 0 N–H and O–H groups in total. The Hall–Kier alpha value is -2.43. The number of hydrogen-bond donors (Lipinski definition) is 0. The zero-order valence-electron chi connectivity index (χ0n) is 13.5. The fraction of sp³-hybridized carbons (Fsp3) is 0.389. The summed E-state index contributed by atoms with van der Waals surface area (Å²) >= 11 is 0. The summed E-state index contributed by atoms with van der Waals surface area (Å²) in [4.78, 5) is 19.2. The van der Waals surface area contributed by atoms with E-state index < -0.39 is 5.54 Å². The number of carbonyl (C=O) groups excluding carboxylic acids is 1. The van der Waals surface area contributed by atoms with Crippen LogP contribution in [0.1, 0.15) is 54.7 Å². The van der Waals surface area contributed by atoms with Crippen LogP contribution in [0.4, 0.5) is 0 Å². The van der Waals surface area contributed by atoms with Crippen LogP contribution in [0.3, 0.4) is 0 Å². The summed E-state index contributed by atoms with van der Waals surface area (Å²) in [5, 5.41) is 4.05. The minimum Gasteiger partial charge on any atom is -0.337 e. The molecule has 2 atom stereocenters. The number of carbonyl (C=O) groups is 1. The summed E-state index contributed by atoms with van der Waals surface area (Å²) in [7, 11) is 0. The highest BCUT2D eigenvalue weighted by atomic mass is 16.5. The van der Waals surface area contributed by atoms with Gasteiger partial charge < -0.3 is 9.42 Å². The Kier molecular flexibility index (Phi) is 4.03. The van der Waals surface area contributed by atoms with E-state index in [4.69, 9.17) is 4.52 Å². The molecule has 1 amide bonds. The van der Waals surface area contributed by atoms with Crippen molar-refractivity contribution in [3.8, 4) is 0 Å². The molecule has 0 radical (unpaired) electrons. The number of rotatable bonds is 4. The van der Waals surface area contributed by atoms with Gasteiger partial charge in [-0.25, -0.2) is 0 Å². The molecule has 23 heavy (non-hydrogen) atoms. The monoisotopic (exact) mass is 311 g/mol. The maximum atomic E-state index is 12.9. The largest absolute Gasteiger partial charge is 0.337 e. The minimum atomic E-state index is -0.556. The highest BCUT2D eigenvalue weighted by molar-refractivity contribution is 5.94. The van der Waals surface area contributed by atoms with Crippen molar-refractivity contribution in [2.45, 2.75) is 38.1 Å². The number of nitrogens with zero attached hydrogens (tertiary/aromatic N) is 3. The molecular weight excluding hydrogens is 290 g/mol. The third-order valence-corrected chi connectivity index (χ3v) is 4.57. The first-order valence-electron chi connectivity index (χ1n) is 7.90. The lowest BCUT2D eigenvalue weighted by molar-refractivity contribution is 0.0551. The molecule has 1 aromatic carbocycles. The smallest absolute Gasteiger partial charge is 0.254 e. The Morgan fingerprint density at radius 3 is 2.87 bits per heavy atom. The predicted octanol–water partition coefficient (Wildman–Crippen LogP) is 3.51. The van der Waals surface area contributed by atoms with E-state index in [0.717, 1.165) is 12.8 Å². The van der Waals surface area contributed by atoms with Crippen LogP contribution in [-0.2, 0) is 5.54 Å². The average Bonchev–Trinajstić information content (AvgIpc) is 3.22. The van der Waals surface area contributed by atoms with E-state index in [0.29, 0.717) is 23.8 Å². The van der Waals surface area contributed by atoms with Gasteiger partial charge in [-0.3, -0.25) is 4.79 Å². The van der Waals surface area contributed by atoms with E-state index in [1.165, 1.54) is 0 Å². The van der Waals surface area contributed by atoms with Crippen molar-refractivity contribution in [2.75, 3.05) is 6.54 Å². The average molecular weight is 311 g/mol. The van der Waals surface area contributed by atoms with Gasteiger partial charge in [-0.15, -0.1) is 6.58 Å². The maximum Gasteiger partial charge on any atom is 0.254 e. The molecule has 0 aliphatic carbocycles. The fourth-order valence-electron chi connectivity index (χ4n) is 2.99. The van der Waals surface area contributed by atoms with Gasteiger partial charge in [-0.05, 0) is 31.9 Å². The summed E-state index contributed by atoms with van der Waals surface area (Å²) in [6, 6.07) is 9.32. The molecule has 1 fully saturated rings. The quantitative estimate of drug-likeness (QED) is 0.811. The van der Waals surface area contributed by atoms with Gasteiger partial charge in [-0.2, -0.15) is 4.98 Å². The highest BCUT2D eigenvalue weighted by Crippen LogP contribution is 2.39. The highest BCUT2D eigenvalue weighted by Gasteiger charge is 2.45. The van der Waals surface area contributed by atoms with E-state index in [-0.39, 0.29) is 11.8 Å². The molecule has 1 aliphatic heterocycles. The van der Waals surface area contributed by atoms with Crippen molar-refractivity contribution in [3.63, 3.8) is 0 Å². The molecule has 0 unspecified atom stereocenters. The number of benzene rings is 1. The van der Waals surface area contributed by atoms with Gasteiger partial charge in [0.1, 0.15) is 5.54 Å². The Morgan fingerprint density at radius 2 is 2.17 bits per heavy atom. The molecule has 2 aromatic rings. The third-order valence-electron chi connectivity index (χ3n) is 4.57. The Bertz CT molecular complexity index is 710. The summed E-state index contributed by atoms with van der Waals surface area (Å²) in [6.07, 6.45) is 3.51. The van der Waals surface area contributed by atoms with Crippen molar-refractivity contribution in [1.29, 1.82) is 0 Å². The van der Waals surface area contributed by atoms with E-state index in [1.54, 1.807) is 6.08 Å². The second-order valence-corrected chi connectivity index (χ2v) is 6.18. The lowest BCUT2D eigenvalue weighted by Crippen LogP contribution is -2.43. The van der Waals surface area contributed by atoms with E-state index in [2.05, 4.69) is 16.7 Å². The van der Waals surface area contributed by atoms with Crippen molar-refractivity contribution >= 4 is 5.91 Å². The Morgan fingerprint density at radius 1 is 1.43 bits per heavy atom. The van der Waals surface area contributed by atoms with Gasteiger partial charge in [0.25, 0.3) is 11.8 Å². The second-order valence-electron chi connectivity index (χ2n) is 6.18. The van der Waals surface area contributed by atoms with Gasteiger partial charge in [0, 0.05) is 18.0 Å². The summed E-state index contributed by atoms with van der Waals surface area (Å²) in [5.41, 5.74) is 0.124. The zero-order chi connectivity index (χ0) is 16.4.